The summed E-state index contributed by atoms with van der Waals surface area (Å²) in [6.45, 7) is 2.92. The minimum Gasteiger partial charge on any atom is -0.494 e. The highest BCUT2D eigenvalue weighted by atomic mass is 32.1. The summed E-state index contributed by atoms with van der Waals surface area (Å²) >= 11 is 1.47. The van der Waals surface area contributed by atoms with Gasteiger partial charge in [-0.05, 0) is 48.9 Å². The largest absolute Gasteiger partial charge is 0.494 e. The summed E-state index contributed by atoms with van der Waals surface area (Å²) in [7, 11) is 1.71. The summed E-state index contributed by atoms with van der Waals surface area (Å²) in [4.78, 5) is 15.4. The molecule has 3 nitrogen and oxygen atoms in total. The van der Waals surface area contributed by atoms with E-state index in [1.165, 1.54) is 16.2 Å². The van der Waals surface area contributed by atoms with Crippen molar-refractivity contribution in [3.05, 3.63) is 41.3 Å². The van der Waals surface area contributed by atoms with E-state index in [9.17, 15) is 4.79 Å². The van der Waals surface area contributed by atoms with Crippen LogP contribution < -0.4 is 4.74 Å². The van der Waals surface area contributed by atoms with E-state index < -0.39 is 0 Å². The maximum atomic E-state index is 12.1. The molecule has 0 aliphatic rings. The van der Waals surface area contributed by atoms with Gasteiger partial charge in [-0.2, -0.15) is 0 Å². The van der Waals surface area contributed by atoms with Crippen LogP contribution in [0.1, 0.15) is 16.6 Å². The fourth-order valence-corrected chi connectivity index (χ4v) is 2.89. The van der Waals surface area contributed by atoms with Crippen LogP contribution in [0.4, 0.5) is 0 Å². The minimum absolute atomic E-state index is 0.0462. The highest BCUT2D eigenvalue weighted by Gasteiger charge is 2.14. The fraction of sp³-hybridized carbons (Fsp3) is 0.235. The van der Waals surface area contributed by atoms with E-state index in [0.717, 1.165) is 16.2 Å². The maximum Gasteiger partial charge on any atom is 0.264 e. The lowest BCUT2D eigenvalue weighted by molar-refractivity contribution is 0.0817. The predicted octanol–water partition coefficient (Wildman–Crippen LogP) is 3.52. The molecule has 0 saturated carbocycles. The van der Waals surface area contributed by atoms with Crippen molar-refractivity contribution in [3.8, 4) is 28.5 Å². The Bertz CT molecular complexity index is 652. The Hall–Kier alpha value is -2.25. The second-order valence-electron chi connectivity index (χ2n) is 4.49. The van der Waals surface area contributed by atoms with Gasteiger partial charge in [0.25, 0.3) is 5.91 Å². The van der Waals surface area contributed by atoms with Gasteiger partial charge < -0.3 is 9.64 Å². The Morgan fingerprint density at radius 1 is 1.29 bits per heavy atom. The molecule has 0 atom stereocenters. The van der Waals surface area contributed by atoms with E-state index in [1.807, 2.05) is 43.3 Å². The van der Waals surface area contributed by atoms with Crippen LogP contribution in [-0.4, -0.2) is 31.0 Å². The van der Waals surface area contributed by atoms with Crippen LogP contribution in [0.25, 0.3) is 10.4 Å². The highest BCUT2D eigenvalue weighted by Crippen LogP contribution is 2.30. The number of carbonyl (C=O) groups excluding carboxylic acids is 1. The standard InChI is InChI=1S/C17H17NO2S/c1-4-12-18(3)17(19)16-11-10-15(21-16)13-6-8-14(9-7-13)20-5-2/h1,6-11H,5,12H2,2-3H3. The molecule has 0 bridgehead atoms. The summed E-state index contributed by atoms with van der Waals surface area (Å²) in [5, 5.41) is 0. The molecule has 2 aromatic rings. The summed E-state index contributed by atoms with van der Waals surface area (Å²) in [5.41, 5.74) is 1.07. The number of rotatable bonds is 5. The van der Waals surface area contributed by atoms with Crippen molar-refractivity contribution in [2.24, 2.45) is 0 Å². The van der Waals surface area contributed by atoms with Crippen molar-refractivity contribution in [1.29, 1.82) is 0 Å². The van der Waals surface area contributed by atoms with Gasteiger partial charge in [0.15, 0.2) is 0 Å². The Morgan fingerprint density at radius 3 is 2.62 bits per heavy atom. The second kappa shape index (κ2) is 6.96. The third-order valence-corrected chi connectivity index (χ3v) is 4.06. The molecule has 1 heterocycles. The summed E-state index contributed by atoms with van der Waals surface area (Å²) in [6.07, 6.45) is 5.23. The highest BCUT2D eigenvalue weighted by molar-refractivity contribution is 7.17. The van der Waals surface area contributed by atoms with E-state index in [0.29, 0.717) is 18.0 Å². The number of benzene rings is 1. The van der Waals surface area contributed by atoms with Crippen molar-refractivity contribution in [1.82, 2.24) is 4.90 Å². The van der Waals surface area contributed by atoms with Crippen molar-refractivity contribution in [2.75, 3.05) is 20.2 Å². The molecule has 1 aromatic heterocycles. The SMILES string of the molecule is C#CCN(C)C(=O)c1ccc(-c2ccc(OCC)cc2)s1. The summed E-state index contributed by atoms with van der Waals surface area (Å²) in [5.74, 6) is 3.27. The Kier molecular flexibility index (Phi) is 5.02. The quantitative estimate of drug-likeness (QED) is 0.791. The van der Waals surface area contributed by atoms with Gasteiger partial charge in [-0.1, -0.05) is 5.92 Å². The van der Waals surface area contributed by atoms with Crippen molar-refractivity contribution >= 4 is 17.2 Å². The molecule has 0 spiro atoms. The minimum atomic E-state index is -0.0462. The molecule has 0 aliphatic carbocycles. The third kappa shape index (κ3) is 3.65. The molecular formula is C17H17NO2S. The Labute approximate surface area is 129 Å². The number of hydrogen-bond acceptors (Lipinski definition) is 3. The van der Waals surface area contributed by atoms with Gasteiger partial charge in [-0.3, -0.25) is 4.79 Å². The number of amides is 1. The molecule has 0 saturated heterocycles. The van der Waals surface area contributed by atoms with Gasteiger partial charge in [-0.15, -0.1) is 17.8 Å². The number of thiophene rings is 1. The molecule has 1 amide bonds. The fourth-order valence-electron chi connectivity index (χ4n) is 1.89. The molecule has 4 heteroatoms. The molecule has 0 unspecified atom stereocenters. The Balaban J connectivity index is 2.16. The molecule has 0 radical (unpaired) electrons. The average Bonchev–Trinajstić information content (AvgIpc) is 2.97. The van der Waals surface area contributed by atoms with E-state index in [-0.39, 0.29) is 5.91 Å². The molecule has 1 aromatic carbocycles. The molecule has 108 valence electrons. The zero-order valence-corrected chi connectivity index (χ0v) is 12.9. The van der Waals surface area contributed by atoms with E-state index >= 15 is 0 Å². The first-order chi connectivity index (χ1) is 10.2. The van der Waals surface area contributed by atoms with E-state index in [1.54, 1.807) is 7.05 Å². The summed E-state index contributed by atoms with van der Waals surface area (Å²) < 4.78 is 5.42. The lowest BCUT2D eigenvalue weighted by atomic mass is 10.2. The van der Waals surface area contributed by atoms with Crippen LogP contribution in [0, 0.1) is 12.3 Å². The smallest absolute Gasteiger partial charge is 0.264 e. The molecule has 0 N–H and O–H groups in total. The Morgan fingerprint density at radius 2 is 2.00 bits per heavy atom. The first kappa shape index (κ1) is 15.1. The van der Waals surface area contributed by atoms with Crippen LogP contribution in [0.15, 0.2) is 36.4 Å². The molecule has 0 fully saturated rings. The first-order valence-corrected chi connectivity index (χ1v) is 7.49. The molecular weight excluding hydrogens is 282 g/mol. The third-order valence-electron chi connectivity index (χ3n) is 2.94. The van der Waals surface area contributed by atoms with Crippen LogP contribution in [0.2, 0.25) is 0 Å². The van der Waals surface area contributed by atoms with E-state index in [4.69, 9.17) is 11.2 Å². The topological polar surface area (TPSA) is 29.5 Å². The van der Waals surface area contributed by atoms with Crippen LogP contribution in [-0.2, 0) is 0 Å². The second-order valence-corrected chi connectivity index (χ2v) is 5.57. The summed E-state index contributed by atoms with van der Waals surface area (Å²) in [6, 6.07) is 11.7. The van der Waals surface area contributed by atoms with Crippen LogP contribution >= 0.6 is 11.3 Å². The molecule has 0 aliphatic heterocycles. The van der Waals surface area contributed by atoms with Crippen LogP contribution in [0.5, 0.6) is 5.75 Å². The number of carbonyl (C=O) groups is 1. The lowest BCUT2D eigenvalue weighted by Gasteiger charge is -2.11. The van der Waals surface area contributed by atoms with Gasteiger partial charge in [0.05, 0.1) is 18.0 Å². The van der Waals surface area contributed by atoms with Crippen molar-refractivity contribution in [3.63, 3.8) is 0 Å². The van der Waals surface area contributed by atoms with Crippen LogP contribution in [0.3, 0.4) is 0 Å². The molecule has 2 rings (SSSR count). The molecule has 21 heavy (non-hydrogen) atoms. The zero-order chi connectivity index (χ0) is 15.2. The number of terminal acetylenes is 1. The monoisotopic (exact) mass is 299 g/mol. The predicted molar refractivity (Wildman–Crippen MR) is 86.7 cm³/mol. The lowest BCUT2D eigenvalue weighted by Crippen LogP contribution is -2.26. The average molecular weight is 299 g/mol. The number of ether oxygens (including phenoxy) is 1. The van der Waals surface area contributed by atoms with Gasteiger partial charge in [-0.25, -0.2) is 0 Å². The van der Waals surface area contributed by atoms with Crippen molar-refractivity contribution in [2.45, 2.75) is 6.92 Å². The van der Waals surface area contributed by atoms with Gasteiger partial charge in [0.2, 0.25) is 0 Å². The van der Waals surface area contributed by atoms with E-state index in [2.05, 4.69) is 5.92 Å². The zero-order valence-electron chi connectivity index (χ0n) is 12.1. The van der Waals surface area contributed by atoms with Gasteiger partial charge >= 0.3 is 0 Å². The number of hydrogen-bond donors (Lipinski definition) is 0. The maximum absolute atomic E-state index is 12.1. The van der Waals surface area contributed by atoms with Gasteiger partial charge in [0, 0.05) is 11.9 Å². The van der Waals surface area contributed by atoms with Gasteiger partial charge in [0.1, 0.15) is 5.75 Å². The normalized spacial score (nSPS) is 9.95. The number of nitrogens with zero attached hydrogens (tertiary/aromatic N) is 1. The van der Waals surface area contributed by atoms with Crippen molar-refractivity contribution < 1.29 is 9.53 Å². The first-order valence-electron chi connectivity index (χ1n) is 6.67.